The van der Waals surface area contributed by atoms with Gasteiger partial charge in [-0.3, -0.25) is 14.5 Å². The first-order valence-electron chi connectivity index (χ1n) is 10.2. The Labute approximate surface area is 162 Å². The van der Waals surface area contributed by atoms with Crippen LogP contribution in [0.2, 0.25) is 0 Å². The number of nitrogens with zero attached hydrogens (tertiary/aromatic N) is 2. The topological polar surface area (TPSA) is 64.7 Å². The SMILES string of the molecule is CNCCC1CCN(C(C)C(=O)Nc2cccc(N3CCCC3=O)c2)CC1. The number of anilines is 2. The van der Waals surface area contributed by atoms with Gasteiger partial charge in [-0.05, 0) is 83.4 Å². The van der Waals surface area contributed by atoms with E-state index in [-0.39, 0.29) is 17.9 Å². The van der Waals surface area contributed by atoms with Crippen LogP contribution in [0.15, 0.2) is 24.3 Å². The molecule has 1 aromatic carbocycles. The van der Waals surface area contributed by atoms with Gasteiger partial charge in [-0.25, -0.2) is 0 Å². The van der Waals surface area contributed by atoms with Gasteiger partial charge in [0.05, 0.1) is 6.04 Å². The summed E-state index contributed by atoms with van der Waals surface area (Å²) in [7, 11) is 2.00. The molecule has 0 aromatic heterocycles. The predicted molar refractivity (Wildman–Crippen MR) is 109 cm³/mol. The molecular weight excluding hydrogens is 340 g/mol. The number of rotatable bonds is 7. The van der Waals surface area contributed by atoms with Gasteiger partial charge in [0, 0.05) is 24.3 Å². The van der Waals surface area contributed by atoms with Gasteiger partial charge in [0.25, 0.3) is 0 Å². The summed E-state index contributed by atoms with van der Waals surface area (Å²) in [5.41, 5.74) is 1.63. The van der Waals surface area contributed by atoms with E-state index in [2.05, 4.69) is 15.5 Å². The van der Waals surface area contributed by atoms with Crippen LogP contribution in [-0.4, -0.2) is 56.0 Å². The summed E-state index contributed by atoms with van der Waals surface area (Å²) in [6.45, 7) is 5.76. The van der Waals surface area contributed by atoms with Crippen LogP contribution in [0.1, 0.15) is 39.0 Å². The number of carbonyl (C=O) groups is 2. The molecule has 2 heterocycles. The van der Waals surface area contributed by atoms with Crippen molar-refractivity contribution >= 4 is 23.2 Å². The Bertz CT molecular complexity index is 655. The zero-order valence-corrected chi connectivity index (χ0v) is 16.5. The molecule has 1 atom stereocenters. The zero-order valence-electron chi connectivity index (χ0n) is 16.5. The maximum Gasteiger partial charge on any atom is 0.241 e. The molecule has 2 aliphatic heterocycles. The van der Waals surface area contributed by atoms with Gasteiger partial charge in [-0.15, -0.1) is 0 Å². The molecule has 0 bridgehead atoms. The van der Waals surface area contributed by atoms with E-state index in [1.54, 1.807) is 4.90 Å². The Balaban J connectivity index is 1.53. The van der Waals surface area contributed by atoms with Crippen LogP contribution in [0.5, 0.6) is 0 Å². The van der Waals surface area contributed by atoms with Crippen LogP contribution >= 0.6 is 0 Å². The molecule has 2 fully saturated rings. The van der Waals surface area contributed by atoms with E-state index >= 15 is 0 Å². The molecule has 0 aliphatic carbocycles. The van der Waals surface area contributed by atoms with Crippen molar-refractivity contribution in [2.45, 2.75) is 45.1 Å². The largest absolute Gasteiger partial charge is 0.325 e. The summed E-state index contributed by atoms with van der Waals surface area (Å²) >= 11 is 0. The molecule has 2 N–H and O–H groups in total. The lowest BCUT2D eigenvalue weighted by Crippen LogP contribution is -2.46. The fraction of sp³-hybridized carbons (Fsp3) is 0.619. The number of hydrogen-bond acceptors (Lipinski definition) is 4. The zero-order chi connectivity index (χ0) is 19.2. The van der Waals surface area contributed by atoms with E-state index in [0.717, 1.165) is 62.7 Å². The summed E-state index contributed by atoms with van der Waals surface area (Å²) in [4.78, 5) is 28.7. The van der Waals surface area contributed by atoms with E-state index in [1.807, 2.05) is 38.2 Å². The molecule has 6 nitrogen and oxygen atoms in total. The van der Waals surface area contributed by atoms with Gasteiger partial charge in [0.15, 0.2) is 0 Å². The van der Waals surface area contributed by atoms with Crippen LogP contribution in [0.25, 0.3) is 0 Å². The normalized spacial score (nSPS) is 20.1. The minimum atomic E-state index is -0.146. The van der Waals surface area contributed by atoms with Crippen molar-refractivity contribution in [3.63, 3.8) is 0 Å². The second kappa shape index (κ2) is 9.33. The average molecular weight is 373 g/mol. The summed E-state index contributed by atoms with van der Waals surface area (Å²) < 4.78 is 0. The number of hydrogen-bond donors (Lipinski definition) is 2. The molecule has 1 unspecified atom stereocenters. The van der Waals surface area contributed by atoms with E-state index in [0.29, 0.717) is 6.42 Å². The van der Waals surface area contributed by atoms with Crippen LogP contribution < -0.4 is 15.5 Å². The number of piperidine rings is 1. The lowest BCUT2D eigenvalue weighted by Gasteiger charge is -2.35. The van der Waals surface area contributed by atoms with Crippen molar-refractivity contribution < 1.29 is 9.59 Å². The Morgan fingerprint density at radius 1 is 1.26 bits per heavy atom. The third kappa shape index (κ3) is 5.08. The molecule has 0 radical (unpaired) electrons. The third-order valence-electron chi connectivity index (χ3n) is 5.88. The molecule has 3 rings (SSSR count). The third-order valence-corrected chi connectivity index (χ3v) is 5.88. The Hall–Kier alpha value is -1.92. The fourth-order valence-electron chi connectivity index (χ4n) is 4.06. The van der Waals surface area contributed by atoms with E-state index < -0.39 is 0 Å². The van der Waals surface area contributed by atoms with Gasteiger partial charge in [-0.1, -0.05) is 6.07 Å². The standard InChI is InChI=1S/C21H32N4O2/c1-16(24-13-9-17(10-14-24)8-11-22-2)21(27)23-18-5-3-6-19(15-18)25-12-4-7-20(25)26/h3,5-6,15-17,22H,4,7-14H2,1-2H3,(H,23,27). The molecule has 2 saturated heterocycles. The van der Waals surface area contributed by atoms with Crippen molar-refractivity contribution in [1.29, 1.82) is 0 Å². The average Bonchev–Trinajstić information content (AvgIpc) is 3.12. The van der Waals surface area contributed by atoms with Gasteiger partial charge >= 0.3 is 0 Å². The van der Waals surface area contributed by atoms with E-state index in [4.69, 9.17) is 0 Å². The number of benzene rings is 1. The highest BCUT2D eigenvalue weighted by Gasteiger charge is 2.27. The van der Waals surface area contributed by atoms with Gasteiger partial charge in [0.1, 0.15) is 0 Å². The van der Waals surface area contributed by atoms with Crippen LogP contribution in [0.3, 0.4) is 0 Å². The highest BCUT2D eigenvalue weighted by atomic mass is 16.2. The van der Waals surface area contributed by atoms with E-state index in [9.17, 15) is 9.59 Å². The van der Waals surface area contributed by atoms with Crippen LogP contribution in [0.4, 0.5) is 11.4 Å². The molecule has 2 amide bonds. The van der Waals surface area contributed by atoms with Crippen molar-refractivity contribution in [2.75, 3.05) is 43.4 Å². The smallest absolute Gasteiger partial charge is 0.241 e. The minimum absolute atomic E-state index is 0.0218. The van der Waals surface area contributed by atoms with Crippen molar-refractivity contribution in [3.8, 4) is 0 Å². The predicted octanol–water partition coefficient (Wildman–Crippen LogP) is 2.46. The second-order valence-corrected chi connectivity index (χ2v) is 7.74. The Kier molecular flexibility index (Phi) is 6.85. The van der Waals surface area contributed by atoms with Crippen molar-refractivity contribution in [1.82, 2.24) is 10.2 Å². The number of amides is 2. The summed E-state index contributed by atoms with van der Waals surface area (Å²) in [6.07, 6.45) is 5.04. The second-order valence-electron chi connectivity index (χ2n) is 7.74. The molecular formula is C21H32N4O2. The number of nitrogens with one attached hydrogen (secondary N) is 2. The maximum atomic E-state index is 12.7. The monoisotopic (exact) mass is 372 g/mol. The number of carbonyl (C=O) groups excluding carboxylic acids is 2. The highest BCUT2D eigenvalue weighted by molar-refractivity contribution is 5.98. The first kappa shape index (κ1) is 19.8. The highest BCUT2D eigenvalue weighted by Crippen LogP contribution is 2.25. The van der Waals surface area contributed by atoms with Gasteiger partial charge < -0.3 is 15.5 Å². The first-order valence-corrected chi connectivity index (χ1v) is 10.2. The van der Waals surface area contributed by atoms with Crippen LogP contribution in [0, 0.1) is 5.92 Å². The Morgan fingerprint density at radius 3 is 2.70 bits per heavy atom. The summed E-state index contributed by atoms with van der Waals surface area (Å²) in [5, 5.41) is 6.25. The van der Waals surface area contributed by atoms with Crippen molar-refractivity contribution in [3.05, 3.63) is 24.3 Å². The lowest BCUT2D eigenvalue weighted by atomic mass is 9.93. The molecule has 0 spiro atoms. The van der Waals surface area contributed by atoms with Gasteiger partial charge in [0.2, 0.25) is 11.8 Å². The molecule has 148 valence electrons. The lowest BCUT2D eigenvalue weighted by molar-refractivity contribution is -0.121. The quantitative estimate of drug-likeness (QED) is 0.772. The molecule has 1 aromatic rings. The van der Waals surface area contributed by atoms with E-state index in [1.165, 1.54) is 6.42 Å². The number of likely N-dealkylation sites (tertiary alicyclic amines) is 1. The molecule has 2 aliphatic rings. The summed E-state index contributed by atoms with van der Waals surface area (Å²) in [5.74, 6) is 0.945. The first-order chi connectivity index (χ1) is 13.1. The maximum absolute atomic E-state index is 12.7. The molecule has 6 heteroatoms. The molecule has 27 heavy (non-hydrogen) atoms. The summed E-state index contributed by atoms with van der Waals surface area (Å²) in [6, 6.07) is 7.47. The Morgan fingerprint density at radius 2 is 2.04 bits per heavy atom. The molecule has 0 saturated carbocycles. The van der Waals surface area contributed by atoms with Crippen molar-refractivity contribution in [2.24, 2.45) is 5.92 Å². The fourth-order valence-corrected chi connectivity index (χ4v) is 4.06. The minimum Gasteiger partial charge on any atom is -0.325 e. The van der Waals surface area contributed by atoms with Gasteiger partial charge in [-0.2, -0.15) is 0 Å². The van der Waals surface area contributed by atoms with Crippen LogP contribution in [-0.2, 0) is 9.59 Å².